The van der Waals surface area contributed by atoms with E-state index in [1.165, 1.54) is 16.0 Å². The van der Waals surface area contributed by atoms with Crippen molar-refractivity contribution in [3.05, 3.63) is 10.7 Å². The number of carboxylic acid groups (broad SMARTS) is 1. The fraction of sp³-hybridized carbons (Fsp3) is 0.500. The van der Waals surface area contributed by atoms with Crippen molar-refractivity contribution in [3.8, 4) is 10.7 Å². The molecule has 0 aliphatic rings. The van der Waals surface area contributed by atoms with Crippen molar-refractivity contribution < 1.29 is 9.90 Å². The molecule has 0 spiro atoms. The van der Waals surface area contributed by atoms with Crippen molar-refractivity contribution in [1.29, 1.82) is 0 Å². The third-order valence-electron chi connectivity index (χ3n) is 2.49. The summed E-state index contributed by atoms with van der Waals surface area (Å²) in [4.78, 5) is 15.9. The number of rotatable bonds is 4. The predicted molar refractivity (Wildman–Crippen MR) is 65.4 cm³/mol. The second-order valence-electron chi connectivity index (χ2n) is 4.04. The minimum Gasteiger partial charge on any atom is -0.481 e. The molecule has 18 heavy (non-hydrogen) atoms. The van der Waals surface area contributed by atoms with Crippen molar-refractivity contribution >= 4 is 17.3 Å². The molecule has 0 bridgehead atoms. The van der Waals surface area contributed by atoms with Gasteiger partial charge in [-0.15, -0.1) is 16.4 Å². The molecule has 0 saturated carbocycles. The van der Waals surface area contributed by atoms with Crippen LogP contribution in [0.3, 0.4) is 0 Å². The lowest BCUT2D eigenvalue weighted by Gasteiger charge is -2.10. The highest BCUT2D eigenvalue weighted by Crippen LogP contribution is 2.29. The third kappa shape index (κ3) is 2.37. The van der Waals surface area contributed by atoms with E-state index in [1.807, 2.05) is 13.8 Å². The summed E-state index contributed by atoms with van der Waals surface area (Å²) in [6.45, 7) is 5.58. The Morgan fingerprint density at radius 1 is 1.50 bits per heavy atom. The minimum atomic E-state index is -0.874. The number of hydrogen-bond acceptors (Lipinski definition) is 6. The molecule has 96 valence electrons. The van der Waals surface area contributed by atoms with Gasteiger partial charge in [0.15, 0.2) is 5.82 Å². The van der Waals surface area contributed by atoms with Crippen LogP contribution in [0.15, 0.2) is 0 Å². The second kappa shape index (κ2) is 4.81. The van der Waals surface area contributed by atoms with E-state index < -0.39 is 5.97 Å². The Bertz CT molecular complexity index is 577. The van der Waals surface area contributed by atoms with Gasteiger partial charge in [0.1, 0.15) is 0 Å². The predicted octanol–water partition coefficient (Wildman–Crippen LogP) is 1.45. The van der Waals surface area contributed by atoms with Crippen LogP contribution in [-0.4, -0.2) is 36.3 Å². The van der Waals surface area contributed by atoms with E-state index in [-0.39, 0.29) is 12.5 Å². The molecule has 0 aromatic carbocycles. The maximum Gasteiger partial charge on any atom is 0.305 e. The number of hydrogen-bond donors (Lipinski definition) is 1. The van der Waals surface area contributed by atoms with E-state index in [2.05, 4.69) is 20.5 Å². The molecule has 0 radical (unpaired) electrons. The summed E-state index contributed by atoms with van der Waals surface area (Å²) in [7, 11) is 0. The quantitative estimate of drug-likeness (QED) is 0.901. The van der Waals surface area contributed by atoms with Gasteiger partial charge in [-0.2, -0.15) is 0 Å². The molecule has 8 heteroatoms. The first-order chi connectivity index (χ1) is 8.49. The van der Waals surface area contributed by atoms with E-state index in [4.69, 9.17) is 5.11 Å². The van der Waals surface area contributed by atoms with Crippen LogP contribution in [0.1, 0.15) is 30.1 Å². The standard InChI is InChI=1S/C10H13N5O2S/c1-5(4-8(16)17)15-10(12-13-14-15)9-6(2)11-7(3)18-9/h5H,4H2,1-3H3,(H,16,17). The lowest BCUT2D eigenvalue weighted by molar-refractivity contribution is -0.137. The van der Waals surface area contributed by atoms with Gasteiger partial charge in [0, 0.05) is 0 Å². The summed E-state index contributed by atoms with van der Waals surface area (Å²) >= 11 is 1.50. The van der Waals surface area contributed by atoms with Gasteiger partial charge in [-0.05, 0) is 31.2 Å². The zero-order valence-electron chi connectivity index (χ0n) is 10.3. The zero-order chi connectivity index (χ0) is 13.3. The fourth-order valence-corrected chi connectivity index (χ4v) is 2.61. The zero-order valence-corrected chi connectivity index (χ0v) is 11.1. The van der Waals surface area contributed by atoms with Gasteiger partial charge in [0.05, 0.1) is 28.0 Å². The Morgan fingerprint density at radius 2 is 2.22 bits per heavy atom. The number of aryl methyl sites for hydroxylation is 2. The summed E-state index contributed by atoms with van der Waals surface area (Å²) in [5, 5.41) is 21.2. The van der Waals surface area contributed by atoms with Crippen LogP contribution < -0.4 is 0 Å². The summed E-state index contributed by atoms with van der Waals surface area (Å²) in [5.74, 6) is -0.298. The van der Waals surface area contributed by atoms with E-state index in [1.54, 1.807) is 6.92 Å². The Labute approximate surface area is 107 Å². The molecular formula is C10H13N5O2S. The van der Waals surface area contributed by atoms with Crippen LogP contribution in [0, 0.1) is 13.8 Å². The smallest absolute Gasteiger partial charge is 0.305 e. The number of thiazole rings is 1. The number of carboxylic acids is 1. The van der Waals surface area contributed by atoms with Gasteiger partial charge in [-0.25, -0.2) is 9.67 Å². The van der Waals surface area contributed by atoms with Crippen LogP contribution in [0.5, 0.6) is 0 Å². The molecule has 2 aromatic rings. The normalized spacial score (nSPS) is 12.6. The first-order valence-corrected chi connectivity index (χ1v) is 6.24. The van der Waals surface area contributed by atoms with Gasteiger partial charge in [-0.3, -0.25) is 4.79 Å². The van der Waals surface area contributed by atoms with Crippen LogP contribution in [0.25, 0.3) is 10.7 Å². The van der Waals surface area contributed by atoms with E-state index in [9.17, 15) is 4.79 Å². The topological polar surface area (TPSA) is 93.8 Å². The lowest BCUT2D eigenvalue weighted by Crippen LogP contribution is -2.13. The Balaban J connectivity index is 2.38. The molecule has 2 aromatic heterocycles. The highest BCUT2D eigenvalue weighted by Gasteiger charge is 2.20. The Morgan fingerprint density at radius 3 is 2.78 bits per heavy atom. The first kappa shape index (κ1) is 12.6. The second-order valence-corrected chi connectivity index (χ2v) is 5.24. The first-order valence-electron chi connectivity index (χ1n) is 5.43. The van der Waals surface area contributed by atoms with E-state index in [0.29, 0.717) is 5.82 Å². The number of aromatic nitrogens is 5. The average molecular weight is 267 g/mol. The molecule has 1 N–H and O–H groups in total. The molecule has 0 saturated heterocycles. The molecule has 1 unspecified atom stereocenters. The monoisotopic (exact) mass is 267 g/mol. The van der Waals surface area contributed by atoms with Crippen molar-refractivity contribution in [2.75, 3.05) is 0 Å². The van der Waals surface area contributed by atoms with Gasteiger partial charge < -0.3 is 5.11 Å². The van der Waals surface area contributed by atoms with E-state index in [0.717, 1.165) is 15.6 Å². The lowest BCUT2D eigenvalue weighted by atomic mass is 10.2. The summed E-state index contributed by atoms with van der Waals surface area (Å²) in [5.41, 5.74) is 0.857. The van der Waals surface area contributed by atoms with Crippen molar-refractivity contribution in [2.45, 2.75) is 33.2 Å². The minimum absolute atomic E-state index is 0.0190. The maximum atomic E-state index is 10.7. The molecule has 2 heterocycles. The Hall–Kier alpha value is -1.83. The van der Waals surface area contributed by atoms with Gasteiger partial charge in [-0.1, -0.05) is 0 Å². The van der Waals surface area contributed by atoms with Gasteiger partial charge in [0.2, 0.25) is 0 Å². The third-order valence-corrected chi connectivity index (χ3v) is 3.56. The largest absolute Gasteiger partial charge is 0.481 e. The van der Waals surface area contributed by atoms with Crippen LogP contribution in [0.4, 0.5) is 0 Å². The number of tetrazole rings is 1. The summed E-state index contributed by atoms with van der Waals surface area (Å²) in [6, 6.07) is -0.297. The molecule has 0 fully saturated rings. The molecule has 0 amide bonds. The molecule has 7 nitrogen and oxygen atoms in total. The van der Waals surface area contributed by atoms with Crippen LogP contribution in [-0.2, 0) is 4.79 Å². The fourth-order valence-electron chi connectivity index (χ4n) is 1.72. The molecule has 1 atom stereocenters. The molecular weight excluding hydrogens is 254 g/mol. The highest BCUT2D eigenvalue weighted by molar-refractivity contribution is 7.15. The van der Waals surface area contributed by atoms with Gasteiger partial charge in [0.25, 0.3) is 0 Å². The Kier molecular flexibility index (Phi) is 3.37. The average Bonchev–Trinajstić information content (AvgIpc) is 2.83. The highest BCUT2D eigenvalue weighted by atomic mass is 32.1. The molecule has 0 aliphatic carbocycles. The molecule has 2 rings (SSSR count). The van der Waals surface area contributed by atoms with Crippen LogP contribution >= 0.6 is 11.3 Å². The van der Waals surface area contributed by atoms with E-state index >= 15 is 0 Å². The molecule has 0 aliphatic heterocycles. The number of aliphatic carboxylic acids is 1. The SMILES string of the molecule is Cc1nc(C)c(-c2nnnn2C(C)CC(=O)O)s1. The van der Waals surface area contributed by atoms with Gasteiger partial charge >= 0.3 is 5.97 Å². The van der Waals surface area contributed by atoms with Crippen LogP contribution in [0.2, 0.25) is 0 Å². The number of carbonyl (C=O) groups is 1. The number of nitrogens with zero attached hydrogens (tertiary/aromatic N) is 5. The maximum absolute atomic E-state index is 10.7. The van der Waals surface area contributed by atoms with Crippen molar-refractivity contribution in [1.82, 2.24) is 25.2 Å². The van der Waals surface area contributed by atoms with Crippen molar-refractivity contribution in [3.63, 3.8) is 0 Å². The summed E-state index contributed by atoms with van der Waals surface area (Å²) < 4.78 is 1.54. The van der Waals surface area contributed by atoms with Crippen molar-refractivity contribution in [2.24, 2.45) is 0 Å². The summed E-state index contributed by atoms with van der Waals surface area (Å²) in [6.07, 6.45) is -0.0190.